The van der Waals surface area contributed by atoms with E-state index in [1.54, 1.807) is 6.07 Å². The normalized spacial score (nSPS) is 27.1. The summed E-state index contributed by atoms with van der Waals surface area (Å²) in [5.74, 6) is -0.662. The highest BCUT2D eigenvalue weighted by Crippen LogP contribution is 2.44. The quantitative estimate of drug-likeness (QED) is 0.531. The minimum Gasteiger partial charge on any atom is -0.486 e. The predicted molar refractivity (Wildman–Crippen MR) is 132 cm³/mol. The monoisotopic (exact) mass is 488 g/mol. The maximum atomic E-state index is 15.4. The largest absolute Gasteiger partial charge is 0.486 e. The van der Waals surface area contributed by atoms with Gasteiger partial charge < -0.3 is 15.2 Å². The second-order valence-electron chi connectivity index (χ2n) is 10.00. The van der Waals surface area contributed by atoms with Crippen LogP contribution in [0.2, 0.25) is 5.02 Å². The number of hydrogen-bond acceptors (Lipinski definition) is 4. The summed E-state index contributed by atoms with van der Waals surface area (Å²) >= 11 is 6.34. The fourth-order valence-corrected chi connectivity index (χ4v) is 5.91. The van der Waals surface area contributed by atoms with Crippen molar-refractivity contribution in [3.05, 3.63) is 64.4 Å². The van der Waals surface area contributed by atoms with Gasteiger partial charge in [0, 0.05) is 35.6 Å². The van der Waals surface area contributed by atoms with Gasteiger partial charge in [0.25, 0.3) is 0 Å². The number of aliphatic carboxylic acids is 1. The number of halogens is 2. The molecule has 0 aromatic heterocycles. The van der Waals surface area contributed by atoms with Gasteiger partial charge in [0.15, 0.2) is 11.6 Å². The summed E-state index contributed by atoms with van der Waals surface area (Å²) in [5.41, 5.74) is 1.95. The smallest absolute Gasteiger partial charge is 0.304 e. The number of carboxylic acid groups (broad SMARTS) is 1. The number of benzene rings is 2. The molecule has 2 aliphatic rings. The van der Waals surface area contributed by atoms with Gasteiger partial charge in [-0.2, -0.15) is 0 Å². The molecule has 1 aliphatic heterocycles. The van der Waals surface area contributed by atoms with E-state index in [1.165, 1.54) is 11.6 Å². The lowest BCUT2D eigenvalue weighted by Gasteiger charge is -2.45. The molecule has 34 heavy (non-hydrogen) atoms. The molecule has 7 heteroatoms. The summed E-state index contributed by atoms with van der Waals surface area (Å²) in [6, 6.07) is 13.7. The molecule has 1 saturated heterocycles. The van der Waals surface area contributed by atoms with E-state index >= 15 is 4.39 Å². The van der Waals surface area contributed by atoms with E-state index in [0.29, 0.717) is 35.9 Å². The Labute approximate surface area is 206 Å². The van der Waals surface area contributed by atoms with Gasteiger partial charge in [0.2, 0.25) is 0 Å². The molecule has 0 radical (unpaired) electrons. The number of carbonyl (C=O) groups is 1. The van der Waals surface area contributed by atoms with E-state index < -0.39 is 5.97 Å². The van der Waals surface area contributed by atoms with Crippen molar-refractivity contribution >= 4 is 17.6 Å². The van der Waals surface area contributed by atoms with E-state index in [9.17, 15) is 4.79 Å². The lowest BCUT2D eigenvalue weighted by molar-refractivity contribution is -0.137. The van der Waals surface area contributed by atoms with Gasteiger partial charge in [0.05, 0.1) is 6.42 Å². The minimum atomic E-state index is -0.854. The van der Waals surface area contributed by atoms with Gasteiger partial charge in [-0.25, -0.2) is 4.39 Å². The van der Waals surface area contributed by atoms with Gasteiger partial charge in [0.1, 0.15) is 6.10 Å². The lowest BCUT2D eigenvalue weighted by Crippen LogP contribution is -2.44. The van der Waals surface area contributed by atoms with Crippen molar-refractivity contribution in [3.63, 3.8) is 0 Å². The molecule has 0 bridgehead atoms. The third-order valence-corrected chi connectivity index (χ3v) is 7.80. The second kappa shape index (κ2) is 10.6. The molecule has 2 fully saturated rings. The summed E-state index contributed by atoms with van der Waals surface area (Å²) in [6.07, 6.45) is 5.00. The SMILES string of the molecule is CN(C)C1(c2ccccc2)CCC(Cc2cc(Cl)cc(O[C@@H]3CN[C@H](CC(=O)O)C3)c2F)CC1. The number of hydrogen-bond donors (Lipinski definition) is 2. The molecule has 4 rings (SSSR count). The van der Waals surface area contributed by atoms with Crippen LogP contribution < -0.4 is 10.1 Å². The zero-order valence-corrected chi connectivity index (χ0v) is 20.7. The Morgan fingerprint density at radius 3 is 2.59 bits per heavy atom. The van der Waals surface area contributed by atoms with E-state index in [4.69, 9.17) is 21.4 Å². The van der Waals surface area contributed by atoms with E-state index in [2.05, 4.69) is 48.6 Å². The molecule has 2 atom stereocenters. The third-order valence-electron chi connectivity index (χ3n) is 7.58. The standard InChI is InChI=1S/C27H34ClFN2O3/c1-31(2)27(20-6-4-3-5-7-20)10-8-18(9-11-27)12-19-13-21(28)14-24(26(19)29)34-23-15-22(30-17-23)16-25(32)33/h3-7,13-14,18,22-23,30H,8-12,15-17H2,1-2H3,(H,32,33)/t18?,22-,23-,27?/m0/s1. The topological polar surface area (TPSA) is 61.8 Å². The van der Waals surface area contributed by atoms with Gasteiger partial charge in [-0.1, -0.05) is 41.9 Å². The summed E-state index contributed by atoms with van der Waals surface area (Å²) < 4.78 is 21.3. The van der Waals surface area contributed by atoms with Crippen LogP contribution in [0.4, 0.5) is 4.39 Å². The number of carboxylic acids is 1. The second-order valence-corrected chi connectivity index (χ2v) is 10.4. The molecule has 2 N–H and O–H groups in total. The molecule has 5 nitrogen and oxygen atoms in total. The highest BCUT2D eigenvalue weighted by molar-refractivity contribution is 6.30. The van der Waals surface area contributed by atoms with Crippen LogP contribution in [0.15, 0.2) is 42.5 Å². The third kappa shape index (κ3) is 5.56. The van der Waals surface area contributed by atoms with Crippen molar-refractivity contribution in [2.75, 3.05) is 20.6 Å². The van der Waals surface area contributed by atoms with Crippen LogP contribution in [0.1, 0.15) is 49.7 Å². The van der Waals surface area contributed by atoms with Gasteiger partial charge in [-0.3, -0.25) is 9.69 Å². The van der Waals surface area contributed by atoms with Crippen molar-refractivity contribution in [1.82, 2.24) is 10.2 Å². The summed E-state index contributed by atoms with van der Waals surface area (Å²) in [7, 11) is 4.29. The van der Waals surface area contributed by atoms with E-state index in [0.717, 1.165) is 25.7 Å². The molecule has 0 unspecified atom stereocenters. The number of ether oxygens (including phenoxy) is 1. The zero-order chi connectivity index (χ0) is 24.3. The first kappa shape index (κ1) is 25.0. The molecule has 184 valence electrons. The van der Waals surface area contributed by atoms with Crippen LogP contribution in [-0.2, 0) is 16.8 Å². The van der Waals surface area contributed by atoms with Crippen LogP contribution in [-0.4, -0.2) is 48.8 Å². The molecule has 1 saturated carbocycles. The Balaban J connectivity index is 1.42. The van der Waals surface area contributed by atoms with Crippen molar-refractivity contribution in [2.45, 2.75) is 62.6 Å². The van der Waals surface area contributed by atoms with Crippen LogP contribution >= 0.6 is 11.6 Å². The summed E-state index contributed by atoms with van der Waals surface area (Å²) in [6.45, 7) is 0.494. The molecule has 1 heterocycles. The van der Waals surface area contributed by atoms with Gasteiger partial charge in [-0.15, -0.1) is 0 Å². The molecule has 0 amide bonds. The molecule has 2 aromatic rings. The highest BCUT2D eigenvalue weighted by atomic mass is 35.5. The van der Waals surface area contributed by atoms with Gasteiger partial charge >= 0.3 is 5.97 Å². The van der Waals surface area contributed by atoms with Crippen LogP contribution in [0.3, 0.4) is 0 Å². The average Bonchev–Trinajstić information content (AvgIpc) is 3.24. The van der Waals surface area contributed by atoms with Crippen LogP contribution in [0.5, 0.6) is 5.75 Å². The fraction of sp³-hybridized carbons (Fsp3) is 0.519. The van der Waals surface area contributed by atoms with Crippen LogP contribution in [0, 0.1) is 11.7 Å². The maximum absolute atomic E-state index is 15.4. The molecule has 1 aliphatic carbocycles. The average molecular weight is 489 g/mol. The summed E-state index contributed by atoms with van der Waals surface area (Å²) in [4.78, 5) is 13.3. The van der Waals surface area contributed by atoms with Gasteiger partial charge in [-0.05, 0) is 69.3 Å². The number of rotatable bonds is 8. The molecular weight excluding hydrogens is 455 g/mol. The lowest BCUT2D eigenvalue weighted by atomic mass is 9.70. The Hall–Kier alpha value is -2.15. The summed E-state index contributed by atoms with van der Waals surface area (Å²) in [5, 5.41) is 12.6. The molecule has 0 spiro atoms. The van der Waals surface area contributed by atoms with Crippen molar-refractivity contribution in [1.29, 1.82) is 0 Å². The van der Waals surface area contributed by atoms with E-state index in [-0.39, 0.29) is 35.7 Å². The molecular formula is C27H34ClFN2O3. The first-order valence-corrected chi connectivity index (χ1v) is 12.5. The van der Waals surface area contributed by atoms with E-state index in [1.807, 2.05) is 6.07 Å². The fourth-order valence-electron chi connectivity index (χ4n) is 5.68. The Morgan fingerprint density at radius 1 is 1.24 bits per heavy atom. The maximum Gasteiger partial charge on any atom is 0.304 e. The first-order chi connectivity index (χ1) is 16.3. The Bertz CT molecular complexity index is 993. The highest BCUT2D eigenvalue weighted by Gasteiger charge is 2.39. The number of nitrogens with one attached hydrogen (secondary N) is 1. The molecule has 2 aromatic carbocycles. The Morgan fingerprint density at radius 2 is 1.94 bits per heavy atom. The minimum absolute atomic E-state index is 0.0148. The van der Waals surface area contributed by atoms with Crippen molar-refractivity contribution < 1.29 is 19.0 Å². The Kier molecular flexibility index (Phi) is 7.80. The number of nitrogens with zero attached hydrogens (tertiary/aromatic N) is 1. The van der Waals surface area contributed by atoms with Crippen LogP contribution in [0.25, 0.3) is 0 Å². The first-order valence-electron chi connectivity index (χ1n) is 12.1. The van der Waals surface area contributed by atoms with Crippen molar-refractivity contribution in [2.24, 2.45) is 5.92 Å². The predicted octanol–water partition coefficient (Wildman–Crippen LogP) is 5.25. The van der Waals surface area contributed by atoms with Crippen molar-refractivity contribution in [3.8, 4) is 5.75 Å². The zero-order valence-electron chi connectivity index (χ0n) is 19.9.